The Morgan fingerprint density at radius 1 is 1.20 bits per heavy atom. The highest BCUT2D eigenvalue weighted by atomic mass is 35.5. The van der Waals surface area contributed by atoms with Gasteiger partial charge in [-0.2, -0.15) is 0 Å². The minimum absolute atomic E-state index is 0.582. The van der Waals surface area contributed by atoms with Crippen LogP contribution in [0.15, 0.2) is 18.2 Å². The zero-order chi connectivity index (χ0) is 10.3. The molecule has 0 radical (unpaired) electrons. The van der Waals surface area contributed by atoms with Gasteiger partial charge < -0.3 is 5.32 Å². The first-order valence-corrected chi connectivity index (χ1v) is 6.25. The van der Waals surface area contributed by atoms with E-state index in [2.05, 4.69) is 17.4 Å². The van der Waals surface area contributed by atoms with Gasteiger partial charge in [-0.1, -0.05) is 17.7 Å². The van der Waals surface area contributed by atoms with Crippen molar-refractivity contribution in [1.29, 1.82) is 0 Å². The number of hydrogen-bond donors (Lipinski definition) is 1. The molecule has 2 aliphatic rings. The van der Waals surface area contributed by atoms with E-state index in [0.717, 1.165) is 11.1 Å². The van der Waals surface area contributed by atoms with Gasteiger partial charge in [0.2, 0.25) is 0 Å². The van der Waals surface area contributed by atoms with Crippen molar-refractivity contribution in [3.63, 3.8) is 0 Å². The third-order valence-electron chi connectivity index (χ3n) is 3.43. The van der Waals surface area contributed by atoms with Gasteiger partial charge in [-0.05, 0) is 55.4 Å². The molecule has 3 rings (SSSR count). The lowest BCUT2D eigenvalue weighted by Crippen LogP contribution is -2.26. The molecule has 80 valence electrons. The van der Waals surface area contributed by atoms with Gasteiger partial charge in [0, 0.05) is 17.1 Å². The Morgan fingerprint density at radius 3 is 2.87 bits per heavy atom. The number of hydrogen-bond acceptors (Lipinski definition) is 1. The molecule has 2 heteroatoms. The summed E-state index contributed by atoms with van der Waals surface area (Å²) in [5.41, 5.74) is 2.93. The summed E-state index contributed by atoms with van der Waals surface area (Å²) >= 11 is 6.02. The second-order valence-electron chi connectivity index (χ2n) is 4.73. The molecule has 0 bridgehead atoms. The highest BCUT2D eigenvalue weighted by Gasteiger charge is 2.27. The predicted octanol–water partition coefficient (Wildman–Crippen LogP) is 3.47. The van der Waals surface area contributed by atoms with Crippen molar-refractivity contribution in [2.45, 2.75) is 44.2 Å². The maximum absolute atomic E-state index is 6.02. The molecular formula is C13H16ClN. The summed E-state index contributed by atoms with van der Waals surface area (Å²) in [6, 6.07) is 7.73. The SMILES string of the molecule is Clc1ccc2c(c1)CCCC2NC1CC1. The largest absolute Gasteiger partial charge is 0.307 e. The molecule has 0 saturated heterocycles. The first-order valence-electron chi connectivity index (χ1n) is 5.87. The molecule has 1 atom stereocenters. The van der Waals surface area contributed by atoms with Crippen LogP contribution < -0.4 is 5.32 Å². The number of halogens is 1. The molecule has 15 heavy (non-hydrogen) atoms. The average Bonchev–Trinajstić information content (AvgIpc) is 3.01. The standard InChI is InChI=1S/C13H16ClN/c14-10-4-7-12-9(8-10)2-1-3-13(12)15-11-5-6-11/h4,7-8,11,13,15H,1-3,5-6H2. The van der Waals surface area contributed by atoms with Crippen LogP contribution in [0.5, 0.6) is 0 Å². The molecule has 1 fully saturated rings. The summed E-state index contributed by atoms with van der Waals surface area (Å²) < 4.78 is 0. The highest BCUT2D eigenvalue weighted by Crippen LogP contribution is 2.34. The summed E-state index contributed by atoms with van der Waals surface area (Å²) in [7, 11) is 0. The third-order valence-corrected chi connectivity index (χ3v) is 3.67. The molecule has 1 aromatic carbocycles. The maximum Gasteiger partial charge on any atom is 0.0408 e. The van der Waals surface area contributed by atoms with Crippen LogP contribution in [-0.4, -0.2) is 6.04 Å². The quantitative estimate of drug-likeness (QED) is 0.807. The van der Waals surface area contributed by atoms with Crippen LogP contribution in [0, 0.1) is 0 Å². The van der Waals surface area contributed by atoms with Gasteiger partial charge in [0.25, 0.3) is 0 Å². The van der Waals surface area contributed by atoms with Gasteiger partial charge >= 0.3 is 0 Å². The Morgan fingerprint density at radius 2 is 2.07 bits per heavy atom. The van der Waals surface area contributed by atoms with E-state index in [-0.39, 0.29) is 0 Å². The number of nitrogens with one attached hydrogen (secondary N) is 1. The predicted molar refractivity (Wildman–Crippen MR) is 63.3 cm³/mol. The van der Waals surface area contributed by atoms with Gasteiger partial charge in [-0.3, -0.25) is 0 Å². The van der Waals surface area contributed by atoms with E-state index < -0.39 is 0 Å². The Kier molecular flexibility index (Phi) is 2.45. The van der Waals surface area contributed by atoms with E-state index >= 15 is 0 Å². The minimum atomic E-state index is 0.582. The van der Waals surface area contributed by atoms with Crippen LogP contribution in [0.2, 0.25) is 5.02 Å². The molecule has 2 aliphatic carbocycles. The molecule has 0 amide bonds. The topological polar surface area (TPSA) is 12.0 Å². The molecule has 1 aromatic rings. The molecule has 1 unspecified atom stereocenters. The highest BCUT2D eigenvalue weighted by molar-refractivity contribution is 6.30. The molecule has 0 aromatic heterocycles. The fourth-order valence-corrected chi connectivity index (χ4v) is 2.69. The van der Waals surface area contributed by atoms with Crippen molar-refractivity contribution >= 4 is 11.6 Å². The lowest BCUT2D eigenvalue weighted by atomic mass is 9.87. The zero-order valence-corrected chi connectivity index (χ0v) is 9.56. The fourth-order valence-electron chi connectivity index (χ4n) is 2.49. The molecule has 1 nitrogen and oxygen atoms in total. The van der Waals surface area contributed by atoms with Crippen LogP contribution in [0.4, 0.5) is 0 Å². The van der Waals surface area contributed by atoms with Crippen LogP contribution in [-0.2, 0) is 6.42 Å². The molecule has 1 N–H and O–H groups in total. The molecular weight excluding hydrogens is 206 g/mol. The summed E-state index contributed by atoms with van der Waals surface area (Å²) in [4.78, 5) is 0. The average molecular weight is 222 g/mol. The number of benzene rings is 1. The normalized spacial score (nSPS) is 25.0. The zero-order valence-electron chi connectivity index (χ0n) is 8.80. The van der Waals surface area contributed by atoms with E-state index in [9.17, 15) is 0 Å². The summed E-state index contributed by atoms with van der Waals surface area (Å²) in [6.45, 7) is 0. The smallest absolute Gasteiger partial charge is 0.0408 e. The lowest BCUT2D eigenvalue weighted by Gasteiger charge is -2.26. The van der Waals surface area contributed by atoms with E-state index in [1.807, 2.05) is 6.07 Å². The van der Waals surface area contributed by atoms with Crippen molar-refractivity contribution in [3.8, 4) is 0 Å². The second-order valence-corrected chi connectivity index (χ2v) is 5.17. The third kappa shape index (κ3) is 2.04. The van der Waals surface area contributed by atoms with Crippen LogP contribution in [0.3, 0.4) is 0 Å². The van der Waals surface area contributed by atoms with Gasteiger partial charge in [0.1, 0.15) is 0 Å². The van der Waals surface area contributed by atoms with Gasteiger partial charge in [0.15, 0.2) is 0 Å². The van der Waals surface area contributed by atoms with Crippen molar-refractivity contribution in [3.05, 3.63) is 34.3 Å². The van der Waals surface area contributed by atoms with Crippen LogP contribution >= 0.6 is 11.6 Å². The van der Waals surface area contributed by atoms with Gasteiger partial charge in [-0.15, -0.1) is 0 Å². The molecule has 0 heterocycles. The first-order chi connectivity index (χ1) is 7.33. The van der Waals surface area contributed by atoms with Gasteiger partial charge in [0.05, 0.1) is 0 Å². The van der Waals surface area contributed by atoms with Crippen molar-refractivity contribution < 1.29 is 0 Å². The molecule has 0 aliphatic heterocycles. The van der Waals surface area contributed by atoms with Crippen molar-refractivity contribution in [2.24, 2.45) is 0 Å². The summed E-state index contributed by atoms with van der Waals surface area (Å²) in [5.74, 6) is 0. The molecule has 0 spiro atoms. The Balaban J connectivity index is 1.87. The Bertz CT molecular complexity index is 371. The summed E-state index contributed by atoms with van der Waals surface area (Å²) in [6.07, 6.45) is 6.49. The first kappa shape index (κ1) is 9.68. The lowest BCUT2D eigenvalue weighted by molar-refractivity contribution is 0.457. The Labute approximate surface area is 95.8 Å². The Hall–Kier alpha value is -0.530. The fraction of sp³-hybridized carbons (Fsp3) is 0.538. The van der Waals surface area contributed by atoms with E-state index in [1.54, 1.807) is 0 Å². The van der Waals surface area contributed by atoms with Gasteiger partial charge in [-0.25, -0.2) is 0 Å². The van der Waals surface area contributed by atoms with E-state index in [4.69, 9.17) is 11.6 Å². The maximum atomic E-state index is 6.02. The van der Waals surface area contributed by atoms with E-state index in [1.165, 1.54) is 43.2 Å². The van der Waals surface area contributed by atoms with Crippen LogP contribution in [0.1, 0.15) is 42.9 Å². The minimum Gasteiger partial charge on any atom is -0.307 e. The van der Waals surface area contributed by atoms with Crippen molar-refractivity contribution in [2.75, 3.05) is 0 Å². The van der Waals surface area contributed by atoms with Crippen LogP contribution in [0.25, 0.3) is 0 Å². The van der Waals surface area contributed by atoms with E-state index in [0.29, 0.717) is 6.04 Å². The second kappa shape index (κ2) is 3.80. The number of fused-ring (bicyclic) bond motifs is 1. The number of aryl methyl sites for hydroxylation is 1. The monoisotopic (exact) mass is 221 g/mol. The number of rotatable bonds is 2. The molecule has 1 saturated carbocycles. The van der Waals surface area contributed by atoms with Crippen molar-refractivity contribution in [1.82, 2.24) is 5.32 Å². The summed E-state index contributed by atoms with van der Waals surface area (Å²) in [5, 5.41) is 4.60.